The molecule has 0 unspecified atom stereocenters. The molecule has 0 aliphatic carbocycles. The number of hydrogen-bond acceptors (Lipinski definition) is 13. The topological polar surface area (TPSA) is 181 Å². The van der Waals surface area contributed by atoms with Crippen LogP contribution in [0.5, 0.6) is 5.75 Å². The maximum absolute atomic E-state index is 14.9. The molecular weight excluding hydrogens is 875 g/mol. The lowest BCUT2D eigenvalue weighted by Gasteiger charge is -2.41. The summed E-state index contributed by atoms with van der Waals surface area (Å²) in [7, 11) is 0. The molecule has 19 heteroatoms. The number of piperidine rings is 4. The second-order valence-corrected chi connectivity index (χ2v) is 19.7. The fraction of sp³-hybridized carbons (Fsp3) is 0.592. The summed E-state index contributed by atoms with van der Waals surface area (Å²) in [6, 6.07) is 6.86. The zero-order chi connectivity index (χ0) is 48.0. The summed E-state index contributed by atoms with van der Waals surface area (Å²) < 4.78 is 43.7. The van der Waals surface area contributed by atoms with Crippen LogP contribution in [0.2, 0.25) is 0 Å². The molecule has 1 N–H and O–H groups in total. The first-order valence-corrected chi connectivity index (χ1v) is 24.4. The average Bonchev–Trinajstić information content (AvgIpc) is 4.18. The summed E-state index contributed by atoms with van der Waals surface area (Å²) in [5.41, 5.74) is 2.96. The van der Waals surface area contributed by atoms with E-state index in [4.69, 9.17) is 9.05 Å². The number of aryl methyl sites for hydroxylation is 1. The Hall–Kier alpha value is -5.82. The van der Waals surface area contributed by atoms with Crippen LogP contribution in [-0.2, 0) is 9.59 Å². The van der Waals surface area contributed by atoms with Crippen LogP contribution >= 0.6 is 0 Å². The van der Waals surface area contributed by atoms with Crippen molar-refractivity contribution < 1.29 is 32.5 Å². The first kappa shape index (κ1) is 47.3. The van der Waals surface area contributed by atoms with Gasteiger partial charge in [0, 0.05) is 69.3 Å². The monoisotopic (exact) mass is 939 g/mol. The zero-order valence-corrected chi connectivity index (χ0v) is 40.3. The molecule has 10 rings (SSSR count). The van der Waals surface area contributed by atoms with Gasteiger partial charge in [0.15, 0.2) is 0 Å². The van der Waals surface area contributed by atoms with Gasteiger partial charge in [0.1, 0.15) is 28.4 Å². The Morgan fingerprint density at radius 2 is 1.00 bits per heavy atom. The van der Waals surface area contributed by atoms with Crippen molar-refractivity contribution in [2.75, 3.05) is 52.4 Å². The molecule has 0 atom stereocenters. The first-order valence-electron chi connectivity index (χ1n) is 24.4. The molecule has 4 aromatic heterocycles. The highest BCUT2D eigenvalue weighted by Crippen LogP contribution is 2.37. The fourth-order valence-electron chi connectivity index (χ4n) is 10.8. The largest absolute Gasteiger partial charge is 0.507 e. The van der Waals surface area contributed by atoms with Crippen LogP contribution in [0.3, 0.4) is 0 Å². The van der Waals surface area contributed by atoms with E-state index in [0.29, 0.717) is 40.5 Å². The number of halogens is 2. The number of likely N-dealkylation sites (tertiary alicyclic amines) is 4. The first-order chi connectivity index (χ1) is 32.7. The van der Waals surface area contributed by atoms with Crippen molar-refractivity contribution in [3.8, 4) is 17.6 Å². The standard InChI is InChI=1S/C25H33FN6O2.C24H31FN6O3/c1-15(2)22-21-16(3)5-6-20(26)23(21)32(28-22)25-27-24(34-29-25)18-7-11-31(12-8-18)19-9-13-30(14-10-19)17(4)33;1-14(2)21-20-19(33)5-4-18(25)22(20)31(27-21)24-26-23(34-28-24)16-6-10-30(11-7-16)17-8-12-29(13-9-17)15(3)32/h5-6,15,18-19H,7-14H2,1-4H3;4-5,14,16-17,33H,6-13H2,1-3H3. The summed E-state index contributed by atoms with van der Waals surface area (Å²) in [6.45, 7) is 20.4. The lowest BCUT2D eigenvalue weighted by molar-refractivity contribution is -0.131. The Labute approximate surface area is 394 Å². The molecule has 2 amide bonds. The number of phenols is 1. The highest BCUT2D eigenvalue weighted by Gasteiger charge is 2.34. The lowest BCUT2D eigenvalue weighted by atomic mass is 9.93. The maximum Gasteiger partial charge on any atom is 0.291 e. The second-order valence-electron chi connectivity index (χ2n) is 19.7. The van der Waals surface area contributed by atoms with Gasteiger partial charge in [-0.3, -0.25) is 9.59 Å². The molecule has 0 saturated carbocycles. The third-order valence-electron chi connectivity index (χ3n) is 14.7. The van der Waals surface area contributed by atoms with E-state index in [1.165, 1.54) is 27.6 Å². The highest BCUT2D eigenvalue weighted by atomic mass is 19.1. The Bertz CT molecular complexity index is 2560. The van der Waals surface area contributed by atoms with Crippen molar-refractivity contribution in [2.24, 2.45) is 0 Å². The fourth-order valence-corrected chi connectivity index (χ4v) is 10.8. The molecule has 0 bridgehead atoms. The molecule has 4 saturated heterocycles. The van der Waals surface area contributed by atoms with Crippen molar-refractivity contribution in [1.82, 2.24) is 59.4 Å². The van der Waals surface area contributed by atoms with E-state index in [1.807, 2.05) is 30.6 Å². The molecule has 17 nitrogen and oxygen atoms in total. The number of fused-ring (bicyclic) bond motifs is 2. The third kappa shape index (κ3) is 9.34. The number of benzene rings is 2. The van der Waals surface area contributed by atoms with Gasteiger partial charge in [-0.15, -0.1) is 0 Å². The van der Waals surface area contributed by atoms with Gasteiger partial charge >= 0.3 is 0 Å². The number of phenolic OH excluding ortho intramolecular Hbond substituents is 1. The summed E-state index contributed by atoms with van der Waals surface area (Å²) in [5.74, 6) is 1.53. The smallest absolute Gasteiger partial charge is 0.291 e. The van der Waals surface area contributed by atoms with Gasteiger partial charge in [-0.05, 0) is 130 Å². The molecule has 4 aliphatic rings. The van der Waals surface area contributed by atoms with Crippen LogP contribution in [0.1, 0.15) is 145 Å². The number of hydrogen-bond donors (Lipinski definition) is 1. The van der Waals surface area contributed by atoms with Gasteiger partial charge in [-0.25, -0.2) is 8.78 Å². The van der Waals surface area contributed by atoms with Crippen LogP contribution in [0, 0.1) is 18.6 Å². The number of carbonyl (C=O) groups excluding carboxylic acids is 2. The van der Waals surface area contributed by atoms with Gasteiger partial charge in [-0.1, -0.05) is 33.8 Å². The summed E-state index contributed by atoms with van der Waals surface area (Å²) in [6.07, 6.45) is 7.78. The molecule has 68 heavy (non-hydrogen) atoms. The van der Waals surface area contributed by atoms with Crippen LogP contribution in [-0.4, -0.2) is 141 Å². The lowest BCUT2D eigenvalue weighted by Crippen LogP contribution is -2.48. The van der Waals surface area contributed by atoms with Gasteiger partial charge in [-0.2, -0.15) is 29.5 Å². The summed E-state index contributed by atoms with van der Waals surface area (Å²) in [4.78, 5) is 41.3. The van der Waals surface area contributed by atoms with Crippen molar-refractivity contribution in [3.05, 3.63) is 64.6 Å². The Morgan fingerprint density at radius 1 is 0.603 bits per heavy atom. The molecule has 4 fully saturated rings. The minimum Gasteiger partial charge on any atom is -0.507 e. The Morgan fingerprint density at radius 3 is 1.41 bits per heavy atom. The van der Waals surface area contributed by atoms with Gasteiger partial charge in [0.05, 0.1) is 16.8 Å². The van der Waals surface area contributed by atoms with E-state index in [-0.39, 0.29) is 64.5 Å². The van der Waals surface area contributed by atoms with Crippen LogP contribution in [0.4, 0.5) is 8.78 Å². The molecule has 4 aliphatic heterocycles. The van der Waals surface area contributed by atoms with Gasteiger partial charge in [0.2, 0.25) is 23.6 Å². The van der Waals surface area contributed by atoms with Gasteiger partial charge < -0.3 is 33.8 Å². The van der Waals surface area contributed by atoms with Gasteiger partial charge in [0.25, 0.3) is 11.9 Å². The van der Waals surface area contributed by atoms with Crippen molar-refractivity contribution in [3.63, 3.8) is 0 Å². The van der Waals surface area contributed by atoms with E-state index >= 15 is 0 Å². The molecule has 8 heterocycles. The quantitative estimate of drug-likeness (QED) is 0.157. The third-order valence-corrected chi connectivity index (χ3v) is 14.7. The van der Waals surface area contributed by atoms with Crippen molar-refractivity contribution in [1.29, 1.82) is 0 Å². The SMILES string of the molecule is CC(=O)N1CCC(N2CCC(c3nc(-n4nc(C(C)C)c5c(C)ccc(F)c54)no3)CC2)CC1.CC(=O)N1CCC(N2CCC(c3nc(-n4nc(C(C)C)c5c(O)ccc(F)c54)no3)CC2)CC1. The van der Waals surface area contributed by atoms with Crippen LogP contribution < -0.4 is 0 Å². The zero-order valence-electron chi connectivity index (χ0n) is 40.3. The minimum absolute atomic E-state index is 0.0171. The van der Waals surface area contributed by atoms with Crippen LogP contribution in [0.15, 0.2) is 33.3 Å². The van der Waals surface area contributed by atoms with E-state index in [0.717, 1.165) is 120 Å². The van der Waals surface area contributed by atoms with E-state index in [9.17, 15) is 23.5 Å². The minimum atomic E-state index is -0.498. The number of nitrogens with zero attached hydrogens (tertiary/aromatic N) is 12. The predicted octanol–water partition coefficient (Wildman–Crippen LogP) is 7.74. The number of carbonyl (C=O) groups is 2. The molecule has 2 aromatic carbocycles. The van der Waals surface area contributed by atoms with E-state index < -0.39 is 5.82 Å². The number of amides is 2. The van der Waals surface area contributed by atoms with Crippen LogP contribution in [0.25, 0.3) is 33.7 Å². The molecule has 0 radical (unpaired) electrons. The van der Waals surface area contributed by atoms with Crippen molar-refractivity contribution in [2.45, 2.75) is 136 Å². The van der Waals surface area contributed by atoms with Crippen molar-refractivity contribution >= 4 is 33.6 Å². The normalized spacial score (nSPS) is 18.9. The molecule has 364 valence electrons. The molecular formula is C49H64F2N12O5. The predicted molar refractivity (Wildman–Crippen MR) is 250 cm³/mol. The Kier molecular flexibility index (Phi) is 13.7. The summed E-state index contributed by atoms with van der Waals surface area (Å²) >= 11 is 0. The Balaban J connectivity index is 0.000000170. The number of aromatic hydroxyl groups is 1. The number of aromatic nitrogens is 8. The average molecular weight is 939 g/mol. The number of rotatable bonds is 8. The van der Waals surface area contributed by atoms with E-state index in [2.05, 4.69) is 54.1 Å². The molecule has 0 spiro atoms. The van der Waals surface area contributed by atoms with E-state index in [1.54, 1.807) is 19.9 Å². The summed E-state index contributed by atoms with van der Waals surface area (Å²) in [5, 5.41) is 29.1. The second kappa shape index (κ2) is 19.7. The molecule has 6 aromatic rings. The highest BCUT2D eigenvalue weighted by molar-refractivity contribution is 5.90. The maximum atomic E-state index is 14.9.